The topological polar surface area (TPSA) is 79.1 Å². The quantitative estimate of drug-likeness (QED) is 0.851. The van der Waals surface area contributed by atoms with Gasteiger partial charge in [-0.15, -0.1) is 0 Å². The second kappa shape index (κ2) is 7.28. The maximum absolute atomic E-state index is 12.4. The largest absolute Gasteiger partial charge is 0.470 e. The van der Waals surface area contributed by atoms with Gasteiger partial charge in [0, 0.05) is 30.4 Å². The van der Waals surface area contributed by atoms with E-state index in [-0.39, 0.29) is 30.0 Å². The Labute approximate surface area is 144 Å². The Morgan fingerprint density at radius 2 is 2.17 bits per heavy atom. The van der Waals surface area contributed by atoms with Gasteiger partial charge in [0.25, 0.3) is 5.88 Å². The van der Waals surface area contributed by atoms with Crippen LogP contribution in [0.2, 0.25) is 5.02 Å². The van der Waals surface area contributed by atoms with Crippen LogP contribution >= 0.6 is 11.6 Å². The standard InChI is InChI=1S/C17H15ClN4O2/c18-14-4-2-1-3-12(14)9-16(23)22-8-5-13(11-22)24-17-15(10-19)20-6-7-21-17/h1-4,6-7,13H,5,8-9,11H2/t13-/m1/s1. The van der Waals surface area contributed by atoms with E-state index in [4.69, 9.17) is 21.6 Å². The van der Waals surface area contributed by atoms with Gasteiger partial charge in [0.15, 0.2) is 0 Å². The lowest BCUT2D eigenvalue weighted by Crippen LogP contribution is -2.32. The SMILES string of the molecule is N#Cc1nccnc1O[C@@H]1CCN(C(=O)Cc2ccccc2Cl)C1. The second-order valence-corrected chi connectivity index (χ2v) is 5.87. The fourth-order valence-electron chi connectivity index (χ4n) is 2.61. The van der Waals surface area contributed by atoms with Crippen LogP contribution in [-0.4, -0.2) is 40.0 Å². The molecule has 0 saturated carbocycles. The number of amides is 1. The first-order valence-corrected chi connectivity index (χ1v) is 7.94. The number of likely N-dealkylation sites (tertiary alicyclic amines) is 1. The number of nitriles is 1. The number of rotatable bonds is 4. The van der Waals surface area contributed by atoms with Crippen molar-refractivity contribution in [1.82, 2.24) is 14.9 Å². The highest BCUT2D eigenvalue weighted by atomic mass is 35.5. The van der Waals surface area contributed by atoms with Gasteiger partial charge in [0.1, 0.15) is 12.2 Å². The van der Waals surface area contributed by atoms with E-state index in [1.165, 1.54) is 12.4 Å². The van der Waals surface area contributed by atoms with Crippen LogP contribution in [0.4, 0.5) is 0 Å². The number of nitrogens with zero attached hydrogens (tertiary/aromatic N) is 4. The molecule has 0 bridgehead atoms. The van der Waals surface area contributed by atoms with Gasteiger partial charge in [0.05, 0.1) is 13.0 Å². The number of hydrogen-bond donors (Lipinski definition) is 0. The highest BCUT2D eigenvalue weighted by Gasteiger charge is 2.28. The molecule has 0 radical (unpaired) electrons. The van der Waals surface area contributed by atoms with Gasteiger partial charge in [0.2, 0.25) is 11.6 Å². The number of benzene rings is 1. The van der Waals surface area contributed by atoms with E-state index < -0.39 is 0 Å². The molecule has 122 valence electrons. The van der Waals surface area contributed by atoms with Crippen molar-refractivity contribution in [2.45, 2.75) is 18.9 Å². The zero-order chi connectivity index (χ0) is 16.9. The van der Waals surface area contributed by atoms with E-state index in [1.807, 2.05) is 24.3 Å². The molecular formula is C17H15ClN4O2. The van der Waals surface area contributed by atoms with Crippen molar-refractivity contribution in [1.29, 1.82) is 5.26 Å². The van der Waals surface area contributed by atoms with Gasteiger partial charge in [-0.25, -0.2) is 9.97 Å². The smallest absolute Gasteiger partial charge is 0.251 e. The van der Waals surface area contributed by atoms with Gasteiger partial charge < -0.3 is 9.64 Å². The van der Waals surface area contributed by atoms with E-state index >= 15 is 0 Å². The predicted molar refractivity (Wildman–Crippen MR) is 87.5 cm³/mol. The number of carbonyl (C=O) groups excluding carboxylic acids is 1. The fourth-order valence-corrected chi connectivity index (χ4v) is 2.82. The summed E-state index contributed by atoms with van der Waals surface area (Å²) >= 11 is 6.10. The van der Waals surface area contributed by atoms with E-state index in [9.17, 15) is 4.79 Å². The molecule has 0 aliphatic carbocycles. The molecule has 1 aliphatic heterocycles. The van der Waals surface area contributed by atoms with Crippen LogP contribution in [0.15, 0.2) is 36.7 Å². The van der Waals surface area contributed by atoms with Crippen molar-refractivity contribution in [2.24, 2.45) is 0 Å². The second-order valence-electron chi connectivity index (χ2n) is 5.46. The highest BCUT2D eigenvalue weighted by molar-refractivity contribution is 6.31. The Bertz CT molecular complexity index is 790. The number of carbonyl (C=O) groups is 1. The maximum atomic E-state index is 12.4. The van der Waals surface area contributed by atoms with Crippen LogP contribution < -0.4 is 4.74 Å². The number of hydrogen-bond acceptors (Lipinski definition) is 5. The van der Waals surface area contributed by atoms with Crippen LogP contribution in [0.3, 0.4) is 0 Å². The highest BCUT2D eigenvalue weighted by Crippen LogP contribution is 2.21. The van der Waals surface area contributed by atoms with Gasteiger partial charge in [-0.05, 0) is 11.6 Å². The summed E-state index contributed by atoms with van der Waals surface area (Å²) in [7, 11) is 0. The van der Waals surface area contributed by atoms with Gasteiger partial charge in [-0.1, -0.05) is 29.8 Å². The molecule has 1 aliphatic rings. The van der Waals surface area contributed by atoms with Crippen LogP contribution in [0.25, 0.3) is 0 Å². The van der Waals surface area contributed by atoms with Crippen molar-refractivity contribution in [2.75, 3.05) is 13.1 Å². The Kier molecular flexibility index (Phi) is 4.92. The van der Waals surface area contributed by atoms with Crippen molar-refractivity contribution in [3.8, 4) is 11.9 Å². The summed E-state index contributed by atoms with van der Waals surface area (Å²) in [6.45, 7) is 1.07. The minimum atomic E-state index is -0.191. The van der Waals surface area contributed by atoms with E-state index in [2.05, 4.69) is 9.97 Å². The molecule has 3 rings (SSSR count). The van der Waals surface area contributed by atoms with Crippen molar-refractivity contribution in [3.05, 3.63) is 52.9 Å². The van der Waals surface area contributed by atoms with Crippen LogP contribution in [0.5, 0.6) is 5.88 Å². The summed E-state index contributed by atoms with van der Waals surface area (Å²) in [4.78, 5) is 22.1. The lowest BCUT2D eigenvalue weighted by atomic mass is 10.1. The third kappa shape index (κ3) is 3.63. The molecular weight excluding hydrogens is 328 g/mol. The zero-order valence-corrected chi connectivity index (χ0v) is 13.6. The lowest BCUT2D eigenvalue weighted by Gasteiger charge is -2.17. The number of aromatic nitrogens is 2. The molecule has 0 unspecified atom stereocenters. The molecule has 0 N–H and O–H groups in total. The summed E-state index contributed by atoms with van der Waals surface area (Å²) < 4.78 is 5.74. The van der Waals surface area contributed by atoms with E-state index in [0.717, 1.165) is 5.56 Å². The minimum Gasteiger partial charge on any atom is -0.470 e. The Hall–Kier alpha value is -2.65. The molecule has 6 nitrogen and oxygen atoms in total. The lowest BCUT2D eigenvalue weighted by molar-refractivity contribution is -0.129. The van der Waals surface area contributed by atoms with E-state index in [0.29, 0.717) is 24.5 Å². The summed E-state index contributed by atoms with van der Waals surface area (Å²) in [5.41, 5.74) is 0.965. The molecule has 2 aromatic rings. The van der Waals surface area contributed by atoms with Crippen molar-refractivity contribution < 1.29 is 9.53 Å². The van der Waals surface area contributed by atoms with Crippen LogP contribution in [-0.2, 0) is 11.2 Å². The minimum absolute atomic E-state index is 0.00820. The first-order chi connectivity index (χ1) is 11.7. The summed E-state index contributed by atoms with van der Waals surface area (Å²) in [5.74, 6) is 0.222. The average Bonchev–Trinajstić information content (AvgIpc) is 3.06. The monoisotopic (exact) mass is 342 g/mol. The number of ether oxygens (including phenoxy) is 1. The molecule has 1 fully saturated rings. The Morgan fingerprint density at radius 1 is 1.38 bits per heavy atom. The molecule has 1 saturated heterocycles. The Balaban J connectivity index is 1.60. The number of halogens is 1. The van der Waals surface area contributed by atoms with Gasteiger partial charge in [-0.2, -0.15) is 5.26 Å². The molecule has 1 aromatic carbocycles. The molecule has 7 heteroatoms. The molecule has 24 heavy (non-hydrogen) atoms. The zero-order valence-electron chi connectivity index (χ0n) is 12.9. The first-order valence-electron chi connectivity index (χ1n) is 7.56. The third-order valence-electron chi connectivity index (χ3n) is 3.85. The molecule has 1 atom stereocenters. The van der Waals surface area contributed by atoms with E-state index in [1.54, 1.807) is 11.0 Å². The molecule has 1 aromatic heterocycles. The maximum Gasteiger partial charge on any atom is 0.251 e. The van der Waals surface area contributed by atoms with Gasteiger partial charge >= 0.3 is 0 Å². The average molecular weight is 343 g/mol. The van der Waals surface area contributed by atoms with Crippen LogP contribution in [0, 0.1) is 11.3 Å². The summed E-state index contributed by atoms with van der Waals surface area (Å²) in [5, 5.41) is 9.61. The molecule has 0 spiro atoms. The third-order valence-corrected chi connectivity index (χ3v) is 4.21. The van der Waals surface area contributed by atoms with Crippen molar-refractivity contribution >= 4 is 17.5 Å². The molecule has 2 heterocycles. The first kappa shape index (κ1) is 16.2. The summed E-state index contributed by atoms with van der Waals surface area (Å²) in [6.07, 6.45) is 3.69. The normalized spacial score (nSPS) is 16.7. The van der Waals surface area contributed by atoms with Gasteiger partial charge in [-0.3, -0.25) is 4.79 Å². The van der Waals surface area contributed by atoms with Crippen LogP contribution in [0.1, 0.15) is 17.7 Å². The predicted octanol–water partition coefficient (Wildman–Crippen LogP) is 2.22. The molecule has 1 amide bonds. The van der Waals surface area contributed by atoms with Crippen molar-refractivity contribution in [3.63, 3.8) is 0 Å². The summed E-state index contributed by atoms with van der Waals surface area (Å²) in [6, 6.07) is 9.27. The fraction of sp³-hybridized carbons (Fsp3) is 0.294. The Morgan fingerprint density at radius 3 is 2.96 bits per heavy atom.